The highest BCUT2D eigenvalue weighted by Gasteiger charge is 2.26. The van der Waals surface area contributed by atoms with Gasteiger partial charge in [-0.25, -0.2) is 4.79 Å². The number of urea groups is 1. The first-order valence-electron chi connectivity index (χ1n) is 9.42. The van der Waals surface area contributed by atoms with Crippen LogP contribution in [-0.4, -0.2) is 49.6 Å². The molecular formula is C20H26N4O3S. The van der Waals surface area contributed by atoms with Crippen LogP contribution in [0.1, 0.15) is 24.3 Å². The van der Waals surface area contributed by atoms with Crippen LogP contribution in [0.15, 0.2) is 41.8 Å². The molecule has 28 heavy (non-hydrogen) atoms. The molecule has 2 aromatic rings. The number of nitrogens with zero attached hydrogens (tertiary/aromatic N) is 2. The third-order valence-corrected chi connectivity index (χ3v) is 5.71. The average Bonchev–Trinajstić information content (AvgIpc) is 3.23. The molecule has 3 rings (SSSR count). The molecule has 2 heterocycles. The van der Waals surface area contributed by atoms with Crippen molar-refractivity contribution in [1.29, 1.82) is 0 Å². The van der Waals surface area contributed by atoms with Crippen molar-refractivity contribution in [3.63, 3.8) is 0 Å². The van der Waals surface area contributed by atoms with Crippen molar-refractivity contribution >= 4 is 29.0 Å². The number of hydrogen-bond acceptors (Lipinski definition) is 5. The van der Waals surface area contributed by atoms with Gasteiger partial charge in [0.2, 0.25) is 5.91 Å². The van der Waals surface area contributed by atoms with Gasteiger partial charge >= 0.3 is 6.03 Å². The molecule has 1 unspecified atom stereocenters. The number of rotatable bonds is 7. The van der Waals surface area contributed by atoms with Crippen molar-refractivity contribution < 1.29 is 14.3 Å². The summed E-state index contributed by atoms with van der Waals surface area (Å²) in [6.07, 6.45) is 0.207. The zero-order valence-corrected chi connectivity index (χ0v) is 16.8. The molecule has 0 bridgehead atoms. The third-order valence-electron chi connectivity index (χ3n) is 4.72. The van der Waals surface area contributed by atoms with Crippen molar-refractivity contribution in [3.05, 3.63) is 46.7 Å². The van der Waals surface area contributed by atoms with E-state index in [2.05, 4.69) is 10.2 Å². The van der Waals surface area contributed by atoms with Crippen molar-refractivity contribution in [3.8, 4) is 5.75 Å². The van der Waals surface area contributed by atoms with Crippen LogP contribution in [0.3, 0.4) is 0 Å². The molecule has 1 atom stereocenters. The van der Waals surface area contributed by atoms with Crippen molar-refractivity contribution in [1.82, 2.24) is 10.2 Å². The number of nitrogens with two attached hydrogens (primary N) is 1. The highest BCUT2D eigenvalue weighted by atomic mass is 32.1. The predicted molar refractivity (Wildman–Crippen MR) is 111 cm³/mol. The van der Waals surface area contributed by atoms with E-state index in [0.717, 1.165) is 29.4 Å². The zero-order valence-electron chi connectivity index (χ0n) is 16.0. The Morgan fingerprint density at radius 2 is 1.93 bits per heavy atom. The fraction of sp³-hybridized carbons (Fsp3) is 0.400. The van der Waals surface area contributed by atoms with Crippen LogP contribution in [-0.2, 0) is 4.79 Å². The first kappa shape index (κ1) is 20.0. The van der Waals surface area contributed by atoms with E-state index in [1.54, 1.807) is 0 Å². The molecule has 1 aliphatic rings. The molecule has 1 fully saturated rings. The van der Waals surface area contributed by atoms with Gasteiger partial charge in [0.1, 0.15) is 5.75 Å². The van der Waals surface area contributed by atoms with E-state index in [4.69, 9.17) is 10.5 Å². The zero-order chi connectivity index (χ0) is 19.9. The lowest BCUT2D eigenvalue weighted by Crippen LogP contribution is -2.49. The Hall–Kier alpha value is -2.74. The van der Waals surface area contributed by atoms with Crippen LogP contribution >= 0.6 is 11.3 Å². The molecule has 0 spiro atoms. The molecule has 150 valence electrons. The number of amides is 3. The highest BCUT2D eigenvalue weighted by Crippen LogP contribution is 2.29. The lowest BCUT2D eigenvalue weighted by Gasteiger charge is -2.37. The van der Waals surface area contributed by atoms with Gasteiger partial charge in [-0.05, 0) is 30.5 Å². The number of anilines is 1. The van der Waals surface area contributed by atoms with Crippen molar-refractivity contribution in [2.24, 2.45) is 5.73 Å². The number of piperazine rings is 1. The summed E-state index contributed by atoms with van der Waals surface area (Å²) in [7, 11) is 0. The van der Waals surface area contributed by atoms with Crippen molar-refractivity contribution in [2.45, 2.75) is 19.4 Å². The minimum Gasteiger partial charge on any atom is -0.492 e. The highest BCUT2D eigenvalue weighted by molar-refractivity contribution is 7.10. The number of hydrogen-bond donors (Lipinski definition) is 2. The summed E-state index contributed by atoms with van der Waals surface area (Å²) in [5.41, 5.74) is 6.34. The molecular weight excluding hydrogens is 376 g/mol. The summed E-state index contributed by atoms with van der Waals surface area (Å²) in [5.74, 6) is 0.887. The largest absolute Gasteiger partial charge is 0.492 e. The van der Waals surface area contributed by atoms with E-state index < -0.39 is 6.03 Å². The molecule has 1 aromatic carbocycles. The van der Waals surface area contributed by atoms with E-state index in [0.29, 0.717) is 19.7 Å². The molecule has 0 radical (unpaired) electrons. The van der Waals surface area contributed by atoms with Crippen molar-refractivity contribution in [2.75, 3.05) is 37.7 Å². The summed E-state index contributed by atoms with van der Waals surface area (Å²) in [6, 6.07) is 10.8. The van der Waals surface area contributed by atoms with Crippen LogP contribution in [0.2, 0.25) is 0 Å². The number of primary amides is 1. The maximum Gasteiger partial charge on any atom is 0.312 e. The molecule has 3 amide bonds. The second kappa shape index (κ2) is 9.45. The van der Waals surface area contributed by atoms with Gasteiger partial charge in [0.15, 0.2) is 0 Å². The second-order valence-electron chi connectivity index (χ2n) is 6.55. The second-order valence-corrected chi connectivity index (χ2v) is 7.53. The molecule has 1 aliphatic heterocycles. The SMILES string of the molecule is CCOc1ccccc1N1CCN(C(=O)CC(NC(N)=O)c2cccs2)CC1. The van der Waals surface area contributed by atoms with Gasteiger partial charge in [0, 0.05) is 31.1 Å². The van der Waals surface area contributed by atoms with E-state index in [9.17, 15) is 9.59 Å². The van der Waals surface area contributed by atoms with E-state index >= 15 is 0 Å². The van der Waals surface area contributed by atoms with Crippen LogP contribution in [0.5, 0.6) is 5.75 Å². The fourth-order valence-electron chi connectivity index (χ4n) is 3.38. The van der Waals surface area contributed by atoms with Gasteiger partial charge in [-0.2, -0.15) is 0 Å². The Morgan fingerprint density at radius 3 is 2.57 bits per heavy atom. The van der Waals surface area contributed by atoms with E-state index in [1.807, 2.05) is 53.6 Å². The Kier molecular flexibility index (Phi) is 6.76. The third kappa shape index (κ3) is 4.95. The number of carbonyl (C=O) groups is 2. The van der Waals surface area contributed by atoms with Gasteiger partial charge in [-0.1, -0.05) is 18.2 Å². The number of para-hydroxylation sites is 2. The van der Waals surface area contributed by atoms with Gasteiger partial charge < -0.3 is 25.6 Å². The Labute approximate surface area is 169 Å². The maximum absolute atomic E-state index is 12.8. The van der Waals surface area contributed by atoms with Gasteiger partial charge in [-0.3, -0.25) is 4.79 Å². The number of nitrogens with one attached hydrogen (secondary N) is 1. The van der Waals surface area contributed by atoms with Gasteiger partial charge in [-0.15, -0.1) is 11.3 Å². The standard InChI is InChI=1S/C20H26N4O3S/c1-2-27-17-7-4-3-6-16(17)23-9-11-24(12-10-23)19(25)14-15(22-20(21)26)18-8-5-13-28-18/h3-8,13,15H,2,9-12,14H2,1H3,(H3,21,22,26). The fourth-order valence-corrected chi connectivity index (χ4v) is 4.16. The molecule has 0 saturated carbocycles. The normalized spacial score (nSPS) is 15.2. The van der Waals surface area contributed by atoms with Gasteiger partial charge in [0.05, 0.1) is 24.8 Å². The Bertz CT molecular complexity index is 789. The lowest BCUT2D eigenvalue weighted by atomic mass is 10.1. The minimum absolute atomic E-state index is 0.0184. The smallest absolute Gasteiger partial charge is 0.312 e. The Morgan fingerprint density at radius 1 is 1.18 bits per heavy atom. The van der Waals surface area contributed by atoms with Crippen LogP contribution < -0.4 is 20.7 Å². The average molecular weight is 403 g/mol. The molecule has 1 saturated heterocycles. The molecule has 0 aliphatic carbocycles. The monoisotopic (exact) mass is 402 g/mol. The van der Waals surface area contributed by atoms with E-state index in [-0.39, 0.29) is 18.4 Å². The van der Waals surface area contributed by atoms with Crippen LogP contribution in [0.4, 0.5) is 10.5 Å². The lowest BCUT2D eigenvalue weighted by molar-refractivity contribution is -0.132. The van der Waals surface area contributed by atoms with Gasteiger partial charge in [0.25, 0.3) is 0 Å². The first-order chi connectivity index (χ1) is 13.6. The number of thiophene rings is 1. The summed E-state index contributed by atoms with van der Waals surface area (Å²) in [4.78, 5) is 29.1. The quantitative estimate of drug-likeness (QED) is 0.745. The molecule has 8 heteroatoms. The number of carbonyl (C=O) groups excluding carboxylic acids is 2. The minimum atomic E-state index is -0.622. The summed E-state index contributed by atoms with van der Waals surface area (Å²) in [6.45, 7) is 5.33. The summed E-state index contributed by atoms with van der Waals surface area (Å²) >= 11 is 1.50. The molecule has 1 aromatic heterocycles. The first-order valence-corrected chi connectivity index (χ1v) is 10.3. The number of benzene rings is 1. The topological polar surface area (TPSA) is 87.9 Å². The Balaban J connectivity index is 1.60. The van der Waals surface area contributed by atoms with Crippen LogP contribution in [0, 0.1) is 0 Å². The summed E-state index contributed by atoms with van der Waals surface area (Å²) in [5, 5.41) is 4.60. The molecule has 3 N–H and O–H groups in total. The summed E-state index contributed by atoms with van der Waals surface area (Å²) < 4.78 is 5.72. The molecule has 7 nitrogen and oxygen atoms in total. The number of ether oxygens (including phenoxy) is 1. The van der Waals surface area contributed by atoms with E-state index in [1.165, 1.54) is 11.3 Å². The predicted octanol–water partition coefficient (Wildman–Crippen LogP) is 2.60. The van der Waals surface area contributed by atoms with Crippen LogP contribution in [0.25, 0.3) is 0 Å². The maximum atomic E-state index is 12.8.